The van der Waals surface area contributed by atoms with Crippen LogP contribution in [0.4, 0.5) is 0 Å². The number of ketones is 1. The molecule has 0 saturated heterocycles. The highest BCUT2D eigenvalue weighted by molar-refractivity contribution is 6.74. The van der Waals surface area contributed by atoms with Gasteiger partial charge in [-0.1, -0.05) is 37.5 Å². The van der Waals surface area contributed by atoms with Gasteiger partial charge in [0.15, 0.2) is 14.1 Å². The van der Waals surface area contributed by atoms with Gasteiger partial charge in [0, 0.05) is 12.3 Å². The fourth-order valence-electron chi connectivity index (χ4n) is 4.93. The lowest BCUT2D eigenvalue weighted by molar-refractivity contribution is -0.116. The minimum absolute atomic E-state index is 0.228. The quantitative estimate of drug-likeness (QED) is 0.442. The normalized spacial score (nSPS) is 33.0. The molecule has 2 nitrogen and oxygen atoms in total. The van der Waals surface area contributed by atoms with Gasteiger partial charge in [0.2, 0.25) is 0 Å². The maximum atomic E-state index is 12.4. The molecule has 0 spiro atoms. The molecule has 4 atom stereocenters. The maximum absolute atomic E-state index is 12.4. The van der Waals surface area contributed by atoms with Crippen LogP contribution in [0.2, 0.25) is 18.1 Å². The van der Waals surface area contributed by atoms with Gasteiger partial charge < -0.3 is 4.43 Å². The van der Waals surface area contributed by atoms with E-state index in [1.54, 1.807) is 5.57 Å². The second kappa shape index (κ2) is 6.49. The molecule has 3 heteroatoms. The number of rotatable bonds is 2. The first-order chi connectivity index (χ1) is 11.5. The molecule has 2 fully saturated rings. The van der Waals surface area contributed by atoms with E-state index in [1.807, 2.05) is 6.08 Å². The Morgan fingerprint density at radius 1 is 1.16 bits per heavy atom. The van der Waals surface area contributed by atoms with Gasteiger partial charge in [-0.2, -0.15) is 0 Å². The first-order valence-corrected chi connectivity index (χ1v) is 13.0. The number of carbonyl (C=O) groups excluding carboxylic acids is 1. The molecule has 0 radical (unpaired) electrons. The van der Waals surface area contributed by atoms with Gasteiger partial charge in [-0.05, 0) is 75.6 Å². The summed E-state index contributed by atoms with van der Waals surface area (Å²) >= 11 is 0. The third-order valence-corrected chi connectivity index (χ3v) is 11.8. The summed E-state index contributed by atoms with van der Waals surface area (Å²) in [5, 5.41) is 0.228. The molecule has 3 aliphatic carbocycles. The monoisotopic (exact) mass is 360 g/mol. The van der Waals surface area contributed by atoms with E-state index in [1.165, 1.54) is 24.0 Å². The minimum atomic E-state index is -1.82. The molecular formula is C22H36O2Si. The molecular weight excluding hydrogens is 324 g/mol. The van der Waals surface area contributed by atoms with Crippen molar-refractivity contribution in [1.29, 1.82) is 0 Å². The molecule has 3 rings (SSSR count). The summed E-state index contributed by atoms with van der Waals surface area (Å²) in [6.45, 7) is 16.2. The number of allylic oxidation sites excluding steroid dienone is 3. The van der Waals surface area contributed by atoms with E-state index in [2.05, 4.69) is 47.7 Å². The predicted octanol–water partition coefficient (Wildman–Crippen LogP) is 6.05. The molecule has 2 saturated carbocycles. The summed E-state index contributed by atoms with van der Waals surface area (Å²) in [5.74, 6) is 1.82. The molecule has 3 aliphatic rings. The van der Waals surface area contributed by atoms with Crippen LogP contribution in [0.1, 0.15) is 66.7 Å². The lowest BCUT2D eigenvalue weighted by Crippen LogP contribution is -2.51. The predicted molar refractivity (Wildman–Crippen MR) is 107 cm³/mol. The zero-order chi connectivity index (χ0) is 18.6. The smallest absolute Gasteiger partial charge is 0.192 e. The number of fused-ring (bicyclic) bond motifs is 1. The van der Waals surface area contributed by atoms with E-state index in [0.717, 1.165) is 12.8 Å². The van der Waals surface area contributed by atoms with Crippen LogP contribution in [0, 0.1) is 17.8 Å². The number of hydrogen-bond donors (Lipinski definition) is 0. The SMILES string of the molecule is CC(C)=C1CC[C@H]2CCC3=CC(=O)C[C@H]1[C@H]3[C@@H]2O[Si](C)(C)C(C)(C)C. The van der Waals surface area contributed by atoms with Crippen molar-refractivity contribution in [3.05, 3.63) is 22.8 Å². The molecule has 0 aromatic rings. The van der Waals surface area contributed by atoms with Crippen LogP contribution in [0.25, 0.3) is 0 Å². The van der Waals surface area contributed by atoms with Crippen LogP contribution >= 0.6 is 0 Å². The average molecular weight is 361 g/mol. The third-order valence-electron chi connectivity index (χ3n) is 7.36. The third kappa shape index (κ3) is 3.47. The first-order valence-electron chi connectivity index (χ1n) is 10.1. The molecule has 0 N–H and O–H groups in total. The Morgan fingerprint density at radius 2 is 1.80 bits per heavy atom. The standard InChI is InChI=1S/C22H36O2Si/c1-14(2)18-11-10-15-8-9-16-12-17(23)13-19(18)20(16)21(15)24-25(6,7)22(3,4)5/h12,15,19-21H,8-11,13H2,1-7H3/t15-,19-,20+,21-/m1/s1. The Hall–Kier alpha value is -0.673. The molecule has 0 aliphatic heterocycles. The largest absolute Gasteiger partial charge is 0.413 e. The molecule has 2 bridgehead atoms. The fourth-order valence-corrected chi connectivity index (χ4v) is 6.31. The van der Waals surface area contributed by atoms with Crippen LogP contribution in [0.15, 0.2) is 22.8 Å². The highest BCUT2D eigenvalue weighted by Crippen LogP contribution is 2.53. The van der Waals surface area contributed by atoms with Crippen molar-refractivity contribution in [2.45, 2.75) is 91.0 Å². The molecule has 0 unspecified atom stereocenters. The molecule has 0 heterocycles. The molecule has 0 amide bonds. The highest BCUT2D eigenvalue weighted by Gasteiger charge is 2.50. The highest BCUT2D eigenvalue weighted by atomic mass is 28.4. The number of hydrogen-bond acceptors (Lipinski definition) is 2. The van der Waals surface area contributed by atoms with Crippen molar-refractivity contribution in [2.24, 2.45) is 17.8 Å². The fraction of sp³-hybridized carbons (Fsp3) is 0.773. The topological polar surface area (TPSA) is 26.3 Å². The van der Waals surface area contributed by atoms with Crippen molar-refractivity contribution in [3.63, 3.8) is 0 Å². The Kier molecular flexibility index (Phi) is 4.96. The zero-order valence-electron chi connectivity index (χ0n) is 17.2. The van der Waals surface area contributed by atoms with E-state index >= 15 is 0 Å². The summed E-state index contributed by atoms with van der Waals surface area (Å²) in [4.78, 5) is 12.4. The Bertz CT molecular complexity index is 616. The van der Waals surface area contributed by atoms with Crippen LogP contribution in [0.5, 0.6) is 0 Å². The lowest BCUT2D eigenvalue weighted by atomic mass is 9.66. The van der Waals surface area contributed by atoms with Crippen LogP contribution in [-0.4, -0.2) is 20.2 Å². The average Bonchev–Trinajstić information content (AvgIpc) is 2.57. The van der Waals surface area contributed by atoms with Gasteiger partial charge in [-0.15, -0.1) is 0 Å². The van der Waals surface area contributed by atoms with Crippen molar-refractivity contribution >= 4 is 14.1 Å². The van der Waals surface area contributed by atoms with E-state index in [9.17, 15) is 4.79 Å². The first kappa shape index (κ1) is 19.1. The van der Waals surface area contributed by atoms with E-state index in [-0.39, 0.29) is 5.04 Å². The minimum Gasteiger partial charge on any atom is -0.413 e. The van der Waals surface area contributed by atoms with Gasteiger partial charge in [0.1, 0.15) is 0 Å². The summed E-state index contributed by atoms with van der Waals surface area (Å²) in [7, 11) is -1.82. The second-order valence-corrected chi connectivity index (χ2v) is 15.0. The Morgan fingerprint density at radius 3 is 2.40 bits per heavy atom. The summed E-state index contributed by atoms with van der Waals surface area (Å²) in [6.07, 6.45) is 7.67. The molecule has 25 heavy (non-hydrogen) atoms. The second-order valence-electron chi connectivity index (χ2n) is 10.2. The molecule has 140 valence electrons. The van der Waals surface area contributed by atoms with Gasteiger partial charge in [-0.25, -0.2) is 0 Å². The van der Waals surface area contributed by atoms with Gasteiger partial charge >= 0.3 is 0 Å². The van der Waals surface area contributed by atoms with Crippen molar-refractivity contribution in [3.8, 4) is 0 Å². The van der Waals surface area contributed by atoms with Gasteiger partial charge in [-0.3, -0.25) is 4.79 Å². The summed E-state index contributed by atoms with van der Waals surface area (Å²) in [6, 6.07) is 0. The Balaban J connectivity index is 2.04. The van der Waals surface area contributed by atoms with Crippen molar-refractivity contribution in [1.82, 2.24) is 0 Å². The van der Waals surface area contributed by atoms with E-state index in [4.69, 9.17) is 4.43 Å². The van der Waals surface area contributed by atoms with E-state index in [0.29, 0.717) is 36.1 Å². The molecule has 0 aromatic carbocycles. The Labute approximate surface area is 155 Å². The van der Waals surface area contributed by atoms with Gasteiger partial charge in [0.05, 0.1) is 6.10 Å². The lowest BCUT2D eigenvalue weighted by Gasteiger charge is -2.48. The van der Waals surface area contributed by atoms with Gasteiger partial charge in [0.25, 0.3) is 0 Å². The summed E-state index contributed by atoms with van der Waals surface area (Å²) in [5.41, 5.74) is 4.37. The molecule has 0 aromatic heterocycles. The zero-order valence-corrected chi connectivity index (χ0v) is 18.2. The maximum Gasteiger partial charge on any atom is 0.192 e. The van der Waals surface area contributed by atoms with Crippen molar-refractivity contribution in [2.75, 3.05) is 0 Å². The van der Waals surface area contributed by atoms with Crippen molar-refractivity contribution < 1.29 is 9.22 Å². The van der Waals surface area contributed by atoms with Crippen LogP contribution in [0.3, 0.4) is 0 Å². The summed E-state index contributed by atoms with van der Waals surface area (Å²) < 4.78 is 7.05. The van der Waals surface area contributed by atoms with Crippen LogP contribution in [-0.2, 0) is 9.22 Å². The number of carbonyl (C=O) groups is 1. The van der Waals surface area contributed by atoms with Crippen LogP contribution < -0.4 is 0 Å². The van der Waals surface area contributed by atoms with E-state index < -0.39 is 8.32 Å².